The number of hydrogen-bond acceptors (Lipinski definition) is 6. The molecule has 0 saturated heterocycles. The Morgan fingerprint density at radius 3 is 1.25 bits per heavy atom. The number of ether oxygens (including phenoxy) is 2. The molecule has 0 saturated carbocycles. The molecule has 0 aliphatic rings. The van der Waals surface area contributed by atoms with Crippen LogP contribution < -0.4 is 112 Å². The fourth-order valence-corrected chi connectivity index (χ4v) is 3.34. The van der Waals surface area contributed by atoms with Crippen molar-refractivity contribution in [3.63, 3.8) is 0 Å². The van der Waals surface area contributed by atoms with Crippen LogP contribution in [-0.2, 0) is 0 Å². The summed E-state index contributed by atoms with van der Waals surface area (Å²) < 4.78 is 21.4. The van der Waals surface area contributed by atoms with Crippen LogP contribution in [0.1, 0.15) is 24.0 Å². The third kappa shape index (κ3) is 7.26. The maximum absolute atomic E-state index is 12.4. The van der Waals surface area contributed by atoms with E-state index in [1.807, 2.05) is 60.7 Å². The van der Waals surface area contributed by atoms with E-state index in [0.29, 0.717) is 0 Å². The second-order valence-corrected chi connectivity index (χ2v) is 7.38. The number of carbonyl (C=O) groups is 2. The second-order valence-electron chi connectivity index (χ2n) is 7.38. The van der Waals surface area contributed by atoms with Crippen molar-refractivity contribution in [2.24, 2.45) is 0 Å². The summed E-state index contributed by atoms with van der Waals surface area (Å²) in [5.74, 6) is -0.520. The van der Waals surface area contributed by atoms with E-state index >= 15 is 0 Å². The molecule has 0 radical (unpaired) electrons. The first-order valence-electron chi connectivity index (χ1n) is 10.5. The van der Waals surface area contributed by atoms with Gasteiger partial charge in [0.05, 0.1) is 12.5 Å². The second kappa shape index (κ2) is 13.8. The van der Waals surface area contributed by atoms with Gasteiger partial charge in [-0.1, -0.05) is 60.7 Å². The normalized spacial score (nSPS) is 10.0. The Balaban J connectivity index is 0.00000180. The molecule has 8 heteroatoms. The van der Waals surface area contributed by atoms with Crippen molar-refractivity contribution in [1.29, 1.82) is 0 Å². The van der Waals surface area contributed by atoms with Crippen LogP contribution >= 0.6 is 0 Å². The maximum atomic E-state index is 12.4. The molecule has 0 bridgehead atoms. The predicted molar refractivity (Wildman–Crippen MR) is 127 cm³/mol. The number of benzene rings is 3. The van der Waals surface area contributed by atoms with Gasteiger partial charge in [-0.2, -0.15) is 0 Å². The number of rotatable bonds is 6. The van der Waals surface area contributed by atoms with E-state index in [9.17, 15) is 9.59 Å². The molecule has 0 N–H and O–H groups in total. The molecule has 2 aromatic heterocycles. The summed E-state index contributed by atoms with van der Waals surface area (Å²) in [4.78, 5) is 24.8. The summed E-state index contributed by atoms with van der Waals surface area (Å²) >= 11 is 0. The minimum atomic E-state index is -0.629. The fraction of sp³-hybridized carbons (Fsp3) is 0. The van der Waals surface area contributed by atoms with Crippen LogP contribution in [0.25, 0.3) is 22.3 Å². The molecule has 36 heavy (non-hydrogen) atoms. The third-order valence-electron chi connectivity index (χ3n) is 5.06. The SMILES string of the molecule is O=C(Oc1ccc(OC(=O)c2cc(-c3ccccc3)co2)cc1)c1cc(-c2ccccc2)co1.[H-].[H-].[K+].[K+]. The van der Waals surface area contributed by atoms with Crippen LogP contribution in [0, 0.1) is 0 Å². The van der Waals surface area contributed by atoms with Gasteiger partial charge in [0.1, 0.15) is 11.5 Å². The van der Waals surface area contributed by atoms with Gasteiger partial charge in [0.2, 0.25) is 11.5 Å². The largest absolute Gasteiger partial charge is 1.00 e. The van der Waals surface area contributed by atoms with E-state index in [2.05, 4.69) is 0 Å². The summed E-state index contributed by atoms with van der Waals surface area (Å²) in [6.07, 6.45) is 3.01. The van der Waals surface area contributed by atoms with Gasteiger partial charge in [-0.3, -0.25) is 0 Å². The summed E-state index contributed by atoms with van der Waals surface area (Å²) in [5.41, 5.74) is 3.43. The van der Waals surface area contributed by atoms with Crippen molar-refractivity contribution in [3.05, 3.63) is 121 Å². The molecule has 3 aromatic carbocycles. The average Bonchev–Trinajstić information content (AvgIpc) is 3.57. The average molecular weight is 531 g/mol. The summed E-state index contributed by atoms with van der Waals surface area (Å²) in [6.45, 7) is 0. The van der Waals surface area contributed by atoms with Crippen molar-refractivity contribution in [2.75, 3.05) is 0 Å². The van der Waals surface area contributed by atoms with Crippen molar-refractivity contribution >= 4 is 11.9 Å². The molecule has 5 aromatic rings. The van der Waals surface area contributed by atoms with E-state index < -0.39 is 11.9 Å². The van der Waals surface area contributed by atoms with Crippen LogP contribution in [0.15, 0.2) is 118 Å². The molecule has 5 rings (SSSR count). The smallest absolute Gasteiger partial charge is 1.00 e. The summed E-state index contributed by atoms with van der Waals surface area (Å²) in [6, 6.07) is 28.5. The maximum Gasteiger partial charge on any atom is 1.00 e. The predicted octanol–water partition coefficient (Wildman–Crippen LogP) is 0.878. The van der Waals surface area contributed by atoms with Gasteiger partial charge in [0, 0.05) is 11.1 Å². The van der Waals surface area contributed by atoms with Gasteiger partial charge in [0.25, 0.3) is 0 Å². The monoisotopic (exact) mass is 530 g/mol. The molecule has 0 aliphatic heterocycles. The number of furan rings is 2. The van der Waals surface area contributed by atoms with Gasteiger partial charge >= 0.3 is 115 Å². The molecule has 0 aliphatic carbocycles. The number of carbonyl (C=O) groups excluding carboxylic acids is 2. The molecule has 2 heterocycles. The Labute approximate surface area is 295 Å². The van der Waals surface area contributed by atoms with Gasteiger partial charge in [-0.15, -0.1) is 0 Å². The van der Waals surface area contributed by atoms with Crippen molar-refractivity contribution in [3.8, 4) is 33.8 Å². The molecular formula is C28H20K2O6. The Bertz CT molecular complexity index is 1320. The van der Waals surface area contributed by atoms with Gasteiger partial charge < -0.3 is 21.2 Å². The molecular weight excluding hydrogens is 510 g/mol. The fourth-order valence-electron chi connectivity index (χ4n) is 3.34. The first-order chi connectivity index (χ1) is 16.7. The van der Waals surface area contributed by atoms with Gasteiger partial charge in [-0.05, 0) is 47.5 Å². The quantitative estimate of drug-likeness (QED) is 0.184. The Hall–Kier alpha value is -1.57. The van der Waals surface area contributed by atoms with Crippen molar-refractivity contribution in [2.45, 2.75) is 0 Å². The Kier molecular flexibility index (Phi) is 11.1. The molecule has 6 nitrogen and oxygen atoms in total. The van der Waals surface area contributed by atoms with Crippen molar-refractivity contribution < 1.29 is 134 Å². The molecule has 170 valence electrons. The summed E-state index contributed by atoms with van der Waals surface area (Å²) in [5, 5.41) is 0. The van der Waals surface area contributed by atoms with Gasteiger partial charge in [0.15, 0.2) is 0 Å². The molecule has 0 atom stereocenters. The Morgan fingerprint density at radius 2 is 0.889 bits per heavy atom. The zero-order chi connectivity index (χ0) is 23.3. The van der Waals surface area contributed by atoms with Crippen LogP contribution in [0.5, 0.6) is 11.5 Å². The first kappa shape index (κ1) is 29.0. The zero-order valence-corrected chi connectivity index (χ0v) is 26.1. The van der Waals surface area contributed by atoms with E-state index in [4.69, 9.17) is 18.3 Å². The summed E-state index contributed by atoms with van der Waals surface area (Å²) in [7, 11) is 0. The van der Waals surface area contributed by atoms with E-state index in [1.165, 1.54) is 36.8 Å². The minimum Gasteiger partial charge on any atom is -1.00 e. The first-order valence-corrected chi connectivity index (χ1v) is 10.5. The number of hydrogen-bond donors (Lipinski definition) is 0. The van der Waals surface area contributed by atoms with Crippen LogP contribution in [0.3, 0.4) is 0 Å². The van der Waals surface area contributed by atoms with E-state index in [-0.39, 0.29) is 129 Å². The van der Waals surface area contributed by atoms with Crippen LogP contribution in [0.4, 0.5) is 0 Å². The van der Waals surface area contributed by atoms with E-state index in [0.717, 1.165) is 22.3 Å². The third-order valence-corrected chi connectivity index (χ3v) is 5.06. The van der Waals surface area contributed by atoms with Crippen LogP contribution in [0.2, 0.25) is 0 Å². The van der Waals surface area contributed by atoms with Crippen molar-refractivity contribution in [1.82, 2.24) is 0 Å². The van der Waals surface area contributed by atoms with E-state index in [1.54, 1.807) is 12.1 Å². The number of esters is 2. The van der Waals surface area contributed by atoms with Crippen LogP contribution in [-0.4, -0.2) is 11.9 Å². The molecule has 0 unspecified atom stereocenters. The molecule has 0 amide bonds. The molecule has 0 spiro atoms. The molecule has 0 fully saturated rings. The standard InChI is InChI=1S/C28H18O6.2K.2H/c29-27(25-15-21(17-31-25)19-7-3-1-4-8-19)33-23-11-13-24(14-12-23)34-28(30)26-16-22(18-32-26)20-9-5-2-6-10-20;;;;/h1-18H;;;;/q;2*+1;2*-1. The Morgan fingerprint density at radius 1 is 0.528 bits per heavy atom. The topological polar surface area (TPSA) is 78.9 Å². The minimum absolute atomic E-state index is 0. The zero-order valence-electron chi connectivity index (χ0n) is 21.8. The van der Waals surface area contributed by atoms with Gasteiger partial charge in [-0.25, -0.2) is 9.59 Å².